The minimum Gasteiger partial charge on any atom is -0.318 e. The molecule has 1 aromatic carbocycles. The summed E-state index contributed by atoms with van der Waals surface area (Å²) in [6.07, 6.45) is 3.72. The highest BCUT2D eigenvalue weighted by molar-refractivity contribution is 9.10. The highest BCUT2D eigenvalue weighted by atomic mass is 79.9. The second-order valence-corrected chi connectivity index (χ2v) is 5.11. The van der Waals surface area contributed by atoms with E-state index in [1.165, 1.54) is 0 Å². The van der Waals surface area contributed by atoms with Gasteiger partial charge in [0.15, 0.2) is 5.78 Å². The third kappa shape index (κ3) is 3.05. The number of hydrogen-bond acceptors (Lipinski definition) is 3. The molecular formula is C13H14BrN3O. The molecule has 2 N–H and O–H groups in total. The average molecular weight is 308 g/mol. The first-order valence-electron chi connectivity index (χ1n) is 5.57. The lowest BCUT2D eigenvalue weighted by molar-refractivity contribution is -0.119. The standard InChI is InChI=1S/C13H14BrN3O/c1-17-8-10(7-16-17)13(15)12(18)6-9-3-2-4-11(14)5-9/h2-5,7-8,13H,6,15H2,1H3. The number of nitrogens with zero attached hydrogens (tertiary/aromatic N) is 2. The predicted octanol–water partition coefficient (Wildman–Crippen LogP) is 1.99. The molecule has 4 nitrogen and oxygen atoms in total. The molecule has 94 valence electrons. The second kappa shape index (κ2) is 5.46. The maximum atomic E-state index is 12.1. The third-order valence-corrected chi connectivity index (χ3v) is 3.19. The van der Waals surface area contributed by atoms with Crippen LogP contribution in [0.5, 0.6) is 0 Å². The molecule has 1 heterocycles. The van der Waals surface area contributed by atoms with Crippen LogP contribution in [-0.4, -0.2) is 15.6 Å². The fraction of sp³-hybridized carbons (Fsp3) is 0.231. The fourth-order valence-corrected chi connectivity index (χ4v) is 2.19. The molecule has 0 bridgehead atoms. The molecule has 1 atom stereocenters. The van der Waals surface area contributed by atoms with Gasteiger partial charge in [-0.2, -0.15) is 5.10 Å². The number of carbonyl (C=O) groups is 1. The maximum Gasteiger partial charge on any atom is 0.158 e. The third-order valence-electron chi connectivity index (χ3n) is 2.70. The predicted molar refractivity (Wildman–Crippen MR) is 73.0 cm³/mol. The number of aryl methyl sites for hydroxylation is 1. The molecule has 0 aliphatic carbocycles. The molecule has 0 radical (unpaired) electrons. The Morgan fingerprint density at radius 1 is 1.56 bits per heavy atom. The second-order valence-electron chi connectivity index (χ2n) is 4.20. The zero-order valence-corrected chi connectivity index (χ0v) is 11.6. The Labute approximate surface area is 114 Å². The minimum absolute atomic E-state index is 0.0129. The van der Waals surface area contributed by atoms with Gasteiger partial charge in [0.1, 0.15) is 0 Å². The van der Waals surface area contributed by atoms with Gasteiger partial charge in [-0.05, 0) is 17.7 Å². The van der Waals surface area contributed by atoms with E-state index in [0.717, 1.165) is 15.6 Å². The zero-order chi connectivity index (χ0) is 13.1. The van der Waals surface area contributed by atoms with E-state index >= 15 is 0 Å². The van der Waals surface area contributed by atoms with Crippen LogP contribution in [-0.2, 0) is 18.3 Å². The number of carbonyl (C=O) groups excluding carboxylic acids is 1. The first-order valence-corrected chi connectivity index (χ1v) is 6.37. The van der Waals surface area contributed by atoms with Crippen LogP contribution in [0.15, 0.2) is 41.1 Å². The number of hydrogen-bond donors (Lipinski definition) is 1. The fourth-order valence-electron chi connectivity index (χ4n) is 1.74. The van der Waals surface area contributed by atoms with Crippen molar-refractivity contribution in [1.82, 2.24) is 9.78 Å². The van der Waals surface area contributed by atoms with Crippen molar-refractivity contribution in [2.45, 2.75) is 12.5 Å². The van der Waals surface area contributed by atoms with E-state index in [2.05, 4.69) is 21.0 Å². The summed E-state index contributed by atoms with van der Waals surface area (Å²) >= 11 is 3.38. The summed E-state index contributed by atoms with van der Waals surface area (Å²) in [4.78, 5) is 12.1. The first kappa shape index (κ1) is 13.0. The van der Waals surface area contributed by atoms with Gasteiger partial charge in [0, 0.05) is 29.7 Å². The molecule has 0 saturated carbocycles. The van der Waals surface area contributed by atoms with Crippen molar-refractivity contribution in [2.75, 3.05) is 0 Å². The largest absolute Gasteiger partial charge is 0.318 e. The van der Waals surface area contributed by atoms with Crippen LogP contribution in [0, 0.1) is 0 Å². The van der Waals surface area contributed by atoms with Crippen molar-refractivity contribution in [3.05, 3.63) is 52.3 Å². The van der Waals surface area contributed by atoms with Crippen LogP contribution in [0.1, 0.15) is 17.2 Å². The number of halogens is 1. The summed E-state index contributed by atoms with van der Waals surface area (Å²) in [5.41, 5.74) is 7.62. The summed E-state index contributed by atoms with van der Waals surface area (Å²) in [5.74, 6) is -0.0129. The minimum atomic E-state index is -0.613. The van der Waals surface area contributed by atoms with E-state index in [1.807, 2.05) is 24.3 Å². The van der Waals surface area contributed by atoms with Gasteiger partial charge < -0.3 is 5.73 Å². The lowest BCUT2D eigenvalue weighted by Gasteiger charge is -2.08. The summed E-state index contributed by atoms with van der Waals surface area (Å²) in [7, 11) is 1.80. The Morgan fingerprint density at radius 3 is 2.94 bits per heavy atom. The SMILES string of the molecule is Cn1cc(C(N)C(=O)Cc2cccc(Br)c2)cn1. The summed E-state index contributed by atoms with van der Waals surface area (Å²) in [5, 5.41) is 4.02. The molecule has 2 rings (SSSR count). The number of Topliss-reactive ketones (excluding diaryl/α,β-unsaturated/α-hetero) is 1. The number of benzene rings is 1. The van der Waals surface area contributed by atoms with Gasteiger partial charge in [0.2, 0.25) is 0 Å². The Morgan fingerprint density at radius 2 is 2.33 bits per heavy atom. The van der Waals surface area contributed by atoms with Crippen molar-refractivity contribution in [1.29, 1.82) is 0 Å². The van der Waals surface area contributed by atoms with Crippen LogP contribution in [0.3, 0.4) is 0 Å². The van der Waals surface area contributed by atoms with Gasteiger partial charge in [0.05, 0.1) is 12.2 Å². The molecule has 5 heteroatoms. The van der Waals surface area contributed by atoms with Crippen molar-refractivity contribution >= 4 is 21.7 Å². The van der Waals surface area contributed by atoms with Crippen LogP contribution < -0.4 is 5.73 Å². The first-order chi connectivity index (χ1) is 8.56. The molecule has 1 aromatic heterocycles. The van der Waals surface area contributed by atoms with E-state index in [9.17, 15) is 4.79 Å². The molecule has 2 aromatic rings. The molecular weight excluding hydrogens is 294 g/mol. The highest BCUT2D eigenvalue weighted by Crippen LogP contribution is 2.16. The summed E-state index contributed by atoms with van der Waals surface area (Å²) in [6.45, 7) is 0. The molecule has 0 fully saturated rings. The number of aromatic nitrogens is 2. The molecule has 1 unspecified atom stereocenters. The van der Waals surface area contributed by atoms with Crippen molar-refractivity contribution in [3.8, 4) is 0 Å². The van der Waals surface area contributed by atoms with Gasteiger partial charge in [-0.25, -0.2) is 0 Å². The molecule has 18 heavy (non-hydrogen) atoms. The Kier molecular flexibility index (Phi) is 3.93. The smallest absolute Gasteiger partial charge is 0.158 e. The summed E-state index contributed by atoms with van der Waals surface area (Å²) < 4.78 is 2.60. The number of nitrogens with two attached hydrogens (primary N) is 1. The number of ketones is 1. The van der Waals surface area contributed by atoms with Gasteiger partial charge in [-0.1, -0.05) is 28.1 Å². The van der Waals surface area contributed by atoms with Gasteiger partial charge in [-0.15, -0.1) is 0 Å². The molecule has 0 saturated heterocycles. The van der Waals surface area contributed by atoms with E-state index in [-0.39, 0.29) is 5.78 Å². The van der Waals surface area contributed by atoms with Gasteiger partial charge in [0.25, 0.3) is 0 Å². The quantitative estimate of drug-likeness (QED) is 0.939. The Balaban J connectivity index is 2.08. The van der Waals surface area contributed by atoms with Crippen LogP contribution in [0.25, 0.3) is 0 Å². The monoisotopic (exact) mass is 307 g/mol. The van der Waals surface area contributed by atoms with E-state index < -0.39 is 6.04 Å². The van der Waals surface area contributed by atoms with Crippen LogP contribution in [0.2, 0.25) is 0 Å². The lowest BCUT2D eigenvalue weighted by Crippen LogP contribution is -2.22. The van der Waals surface area contributed by atoms with Crippen molar-refractivity contribution < 1.29 is 4.79 Å². The normalized spacial score (nSPS) is 12.4. The van der Waals surface area contributed by atoms with E-state index in [1.54, 1.807) is 24.1 Å². The topological polar surface area (TPSA) is 60.9 Å². The molecule has 0 aliphatic heterocycles. The highest BCUT2D eigenvalue weighted by Gasteiger charge is 2.17. The van der Waals surface area contributed by atoms with Crippen LogP contribution in [0.4, 0.5) is 0 Å². The zero-order valence-electron chi connectivity index (χ0n) is 10.0. The Hall–Kier alpha value is -1.46. The molecule has 0 aliphatic rings. The van der Waals surface area contributed by atoms with Crippen molar-refractivity contribution in [2.24, 2.45) is 12.8 Å². The van der Waals surface area contributed by atoms with E-state index in [4.69, 9.17) is 5.73 Å². The lowest BCUT2D eigenvalue weighted by atomic mass is 10.0. The van der Waals surface area contributed by atoms with Gasteiger partial charge in [-0.3, -0.25) is 9.48 Å². The van der Waals surface area contributed by atoms with Gasteiger partial charge >= 0.3 is 0 Å². The molecule has 0 amide bonds. The van der Waals surface area contributed by atoms with E-state index in [0.29, 0.717) is 6.42 Å². The van der Waals surface area contributed by atoms with Crippen molar-refractivity contribution in [3.63, 3.8) is 0 Å². The number of rotatable bonds is 4. The summed E-state index contributed by atoms with van der Waals surface area (Å²) in [6, 6.07) is 7.06. The average Bonchev–Trinajstić information content (AvgIpc) is 2.75. The Bertz CT molecular complexity index is 565. The van der Waals surface area contributed by atoms with Crippen LogP contribution >= 0.6 is 15.9 Å². The molecule has 0 spiro atoms. The maximum absolute atomic E-state index is 12.1.